The van der Waals surface area contributed by atoms with Gasteiger partial charge in [0, 0.05) is 18.5 Å². The van der Waals surface area contributed by atoms with Crippen LogP contribution in [0.5, 0.6) is 0 Å². The minimum atomic E-state index is -0.0895. The Morgan fingerprint density at radius 2 is 2.27 bits per heavy atom. The lowest BCUT2D eigenvalue weighted by molar-refractivity contribution is 0.492. The van der Waals surface area contributed by atoms with Crippen LogP contribution in [0.2, 0.25) is 0 Å². The molecule has 5 N–H and O–H groups in total. The minimum Gasteiger partial charge on any atom is -0.370 e. The van der Waals surface area contributed by atoms with Gasteiger partial charge in [-0.1, -0.05) is 0 Å². The molecule has 0 spiro atoms. The molecule has 0 atom stereocenters. The average molecular weight is 225 g/mol. The number of nitrogens with one attached hydrogen (secondary N) is 1. The fourth-order valence-corrected chi connectivity index (χ4v) is 1.84. The number of aliphatic imine (C=N–C) groups is 1. The summed E-state index contributed by atoms with van der Waals surface area (Å²) in [5.74, 6) is -0.0211. The summed E-state index contributed by atoms with van der Waals surface area (Å²) in [5.41, 5.74) is 11.5. The Labute approximate surface area is 92.9 Å². The van der Waals surface area contributed by atoms with Crippen molar-refractivity contribution >= 4 is 23.3 Å². The molecule has 15 heavy (non-hydrogen) atoms. The van der Waals surface area contributed by atoms with E-state index >= 15 is 0 Å². The highest BCUT2D eigenvalue weighted by Gasteiger charge is 2.05. The van der Waals surface area contributed by atoms with Crippen LogP contribution in [-0.4, -0.2) is 23.9 Å². The van der Waals surface area contributed by atoms with E-state index in [4.69, 9.17) is 16.9 Å². The number of rotatable bonds is 2. The van der Waals surface area contributed by atoms with Crippen LogP contribution in [0.4, 0.5) is 0 Å². The largest absolute Gasteiger partial charge is 0.370 e. The Morgan fingerprint density at radius 1 is 1.60 bits per heavy atom. The van der Waals surface area contributed by atoms with E-state index in [0.29, 0.717) is 6.54 Å². The average Bonchev–Trinajstić information content (AvgIpc) is 2.50. The van der Waals surface area contributed by atoms with Crippen molar-refractivity contribution in [3.8, 4) is 0 Å². The highest BCUT2D eigenvalue weighted by molar-refractivity contribution is 7.10. The first-order valence-electron chi connectivity index (χ1n) is 4.42. The van der Waals surface area contributed by atoms with Gasteiger partial charge in [-0.05, 0) is 23.9 Å². The summed E-state index contributed by atoms with van der Waals surface area (Å²) >= 11 is 1.69. The van der Waals surface area contributed by atoms with Gasteiger partial charge in [-0.3, -0.25) is 5.41 Å². The van der Waals surface area contributed by atoms with E-state index in [1.807, 2.05) is 0 Å². The van der Waals surface area contributed by atoms with Crippen molar-refractivity contribution in [2.45, 2.75) is 13.5 Å². The number of nitrogens with zero attached hydrogens (tertiary/aromatic N) is 2. The van der Waals surface area contributed by atoms with Gasteiger partial charge in [-0.2, -0.15) is 4.99 Å². The fourth-order valence-electron chi connectivity index (χ4n) is 1.14. The quantitative estimate of drug-likeness (QED) is 0.511. The van der Waals surface area contributed by atoms with Gasteiger partial charge in [0.15, 0.2) is 5.96 Å². The van der Waals surface area contributed by atoms with E-state index in [9.17, 15) is 0 Å². The van der Waals surface area contributed by atoms with Crippen LogP contribution in [0.25, 0.3) is 0 Å². The van der Waals surface area contributed by atoms with Crippen LogP contribution >= 0.6 is 11.3 Å². The van der Waals surface area contributed by atoms with Gasteiger partial charge in [-0.15, -0.1) is 11.3 Å². The smallest absolute Gasteiger partial charge is 0.221 e. The summed E-state index contributed by atoms with van der Waals surface area (Å²) in [7, 11) is 1.78. The molecule has 0 fully saturated rings. The van der Waals surface area contributed by atoms with Gasteiger partial charge in [0.1, 0.15) is 0 Å². The second-order valence-corrected chi connectivity index (χ2v) is 4.40. The van der Waals surface area contributed by atoms with Crippen LogP contribution in [-0.2, 0) is 6.54 Å². The molecule has 1 aromatic rings. The number of hydrogen-bond acceptors (Lipinski definition) is 2. The Balaban J connectivity index is 2.59. The van der Waals surface area contributed by atoms with Gasteiger partial charge in [0.25, 0.3) is 0 Å². The molecule has 0 aliphatic heterocycles. The molecule has 1 rings (SSSR count). The molecule has 0 saturated carbocycles. The molecule has 0 aliphatic rings. The van der Waals surface area contributed by atoms with Crippen LogP contribution in [0.1, 0.15) is 10.4 Å². The number of aryl methyl sites for hydroxylation is 1. The SMILES string of the molecule is Cc1cc(CN(C)C(=N)N=C(N)N)cs1. The highest BCUT2D eigenvalue weighted by atomic mass is 32.1. The van der Waals surface area contributed by atoms with Crippen LogP contribution in [0, 0.1) is 12.3 Å². The normalized spacial score (nSPS) is 9.73. The molecule has 5 nitrogen and oxygen atoms in total. The lowest BCUT2D eigenvalue weighted by Gasteiger charge is -2.15. The molecule has 0 radical (unpaired) electrons. The van der Waals surface area contributed by atoms with Gasteiger partial charge >= 0.3 is 0 Å². The van der Waals surface area contributed by atoms with E-state index in [2.05, 4.69) is 23.4 Å². The Kier molecular flexibility index (Phi) is 3.68. The van der Waals surface area contributed by atoms with Crippen molar-refractivity contribution in [1.29, 1.82) is 5.41 Å². The molecule has 0 unspecified atom stereocenters. The number of nitrogens with two attached hydrogens (primary N) is 2. The summed E-state index contributed by atoms with van der Waals surface area (Å²) in [6.07, 6.45) is 0. The molecular weight excluding hydrogens is 210 g/mol. The third-order valence-electron chi connectivity index (χ3n) is 1.80. The van der Waals surface area contributed by atoms with E-state index in [-0.39, 0.29) is 11.9 Å². The number of hydrogen-bond donors (Lipinski definition) is 3. The molecule has 0 aliphatic carbocycles. The monoisotopic (exact) mass is 225 g/mol. The molecule has 6 heteroatoms. The van der Waals surface area contributed by atoms with Crippen molar-refractivity contribution in [2.75, 3.05) is 7.05 Å². The standard InChI is InChI=1S/C9H15N5S/c1-6-3-7(5-15-6)4-14(2)9(12)13-8(10)11/h3,5H,4H2,1-2H3,(H5,10,11,12,13). The topological polar surface area (TPSA) is 91.5 Å². The molecule has 1 heterocycles. The zero-order valence-electron chi connectivity index (χ0n) is 8.82. The van der Waals surface area contributed by atoms with E-state index in [0.717, 1.165) is 5.56 Å². The molecule has 0 saturated heterocycles. The molecular formula is C9H15N5S. The Bertz CT molecular complexity index is 378. The molecule has 0 amide bonds. The number of thiophene rings is 1. The van der Waals surface area contributed by atoms with E-state index in [1.54, 1.807) is 23.3 Å². The summed E-state index contributed by atoms with van der Waals surface area (Å²) < 4.78 is 0. The summed E-state index contributed by atoms with van der Waals surface area (Å²) in [6, 6.07) is 2.09. The summed E-state index contributed by atoms with van der Waals surface area (Å²) in [4.78, 5) is 6.60. The predicted molar refractivity (Wildman–Crippen MR) is 64.1 cm³/mol. The van der Waals surface area contributed by atoms with Gasteiger partial charge in [-0.25, -0.2) is 0 Å². The van der Waals surface area contributed by atoms with Crippen LogP contribution in [0.3, 0.4) is 0 Å². The van der Waals surface area contributed by atoms with Crippen molar-refractivity contribution in [3.05, 3.63) is 21.9 Å². The Morgan fingerprint density at radius 3 is 2.73 bits per heavy atom. The fraction of sp³-hybridized carbons (Fsp3) is 0.333. The zero-order valence-corrected chi connectivity index (χ0v) is 9.64. The maximum atomic E-state index is 7.56. The first-order valence-corrected chi connectivity index (χ1v) is 5.30. The van der Waals surface area contributed by atoms with Crippen molar-refractivity contribution in [1.82, 2.24) is 4.90 Å². The zero-order chi connectivity index (χ0) is 11.4. The third-order valence-corrected chi connectivity index (χ3v) is 2.71. The van der Waals surface area contributed by atoms with Gasteiger partial charge in [0.2, 0.25) is 5.96 Å². The summed E-state index contributed by atoms with van der Waals surface area (Å²) in [6.45, 7) is 2.69. The maximum absolute atomic E-state index is 7.56. The van der Waals surface area contributed by atoms with Crippen LogP contribution in [0.15, 0.2) is 16.4 Å². The molecule has 0 bridgehead atoms. The molecule has 1 aromatic heterocycles. The summed E-state index contributed by atoms with van der Waals surface area (Å²) in [5, 5.41) is 9.63. The predicted octanol–water partition coefficient (Wildman–Crippen LogP) is 0.696. The third kappa shape index (κ3) is 3.59. The second kappa shape index (κ2) is 4.79. The van der Waals surface area contributed by atoms with E-state index < -0.39 is 0 Å². The van der Waals surface area contributed by atoms with Crippen molar-refractivity contribution in [3.63, 3.8) is 0 Å². The van der Waals surface area contributed by atoms with Gasteiger partial charge < -0.3 is 16.4 Å². The minimum absolute atomic E-state index is 0.0684. The molecule has 82 valence electrons. The van der Waals surface area contributed by atoms with Crippen molar-refractivity contribution in [2.24, 2.45) is 16.5 Å². The van der Waals surface area contributed by atoms with Gasteiger partial charge in [0.05, 0.1) is 0 Å². The first kappa shape index (κ1) is 11.5. The lowest BCUT2D eigenvalue weighted by atomic mass is 10.3. The highest BCUT2D eigenvalue weighted by Crippen LogP contribution is 2.14. The lowest BCUT2D eigenvalue weighted by Crippen LogP contribution is -2.30. The first-order chi connectivity index (χ1) is 6.99. The Hall–Kier alpha value is -1.56. The second-order valence-electron chi connectivity index (χ2n) is 3.28. The number of guanidine groups is 2. The van der Waals surface area contributed by atoms with Crippen LogP contribution < -0.4 is 11.5 Å². The van der Waals surface area contributed by atoms with Crippen molar-refractivity contribution < 1.29 is 0 Å². The molecule has 0 aromatic carbocycles. The van der Waals surface area contributed by atoms with E-state index in [1.165, 1.54) is 4.88 Å². The maximum Gasteiger partial charge on any atom is 0.221 e.